The predicted octanol–water partition coefficient (Wildman–Crippen LogP) is 6.45. The number of hydrogen-bond acceptors (Lipinski definition) is 2. The summed E-state index contributed by atoms with van der Waals surface area (Å²) in [7, 11) is 0. The molecule has 4 rings (SSSR count). The number of nitrogens with zero attached hydrogens (tertiary/aromatic N) is 1. The van der Waals surface area contributed by atoms with Gasteiger partial charge in [0.1, 0.15) is 5.76 Å². The Morgan fingerprint density at radius 3 is 2.42 bits per heavy atom. The molecule has 0 saturated heterocycles. The van der Waals surface area contributed by atoms with Gasteiger partial charge in [-0.15, -0.1) is 0 Å². The Bertz CT molecular complexity index is 1100. The lowest BCUT2D eigenvalue weighted by atomic mass is 9.82. The minimum atomic E-state index is 0.0323. The molecule has 0 unspecified atom stereocenters. The third-order valence-electron chi connectivity index (χ3n) is 5.30. The third kappa shape index (κ3) is 2.54. The van der Waals surface area contributed by atoms with Crippen LogP contribution in [0.3, 0.4) is 0 Å². The maximum Gasteiger partial charge on any atom is 0.141 e. The molecule has 0 bridgehead atoms. The first-order chi connectivity index (χ1) is 12.3. The average molecular weight is 346 g/mol. The van der Waals surface area contributed by atoms with Gasteiger partial charge in [0.15, 0.2) is 0 Å². The van der Waals surface area contributed by atoms with Crippen LogP contribution in [0.25, 0.3) is 32.9 Å². The van der Waals surface area contributed by atoms with E-state index in [1.165, 1.54) is 38.5 Å². The zero-order valence-corrected chi connectivity index (χ0v) is 16.4. The van der Waals surface area contributed by atoms with Crippen molar-refractivity contribution in [3.8, 4) is 11.1 Å². The molecule has 26 heavy (non-hydrogen) atoms. The smallest absolute Gasteiger partial charge is 0.141 e. The van der Waals surface area contributed by atoms with E-state index >= 15 is 0 Å². The molecule has 0 saturated carbocycles. The molecule has 3 heteroatoms. The second-order valence-corrected chi connectivity index (χ2v) is 8.25. The van der Waals surface area contributed by atoms with Crippen molar-refractivity contribution in [2.75, 3.05) is 0 Å². The zero-order chi connectivity index (χ0) is 18.6. The van der Waals surface area contributed by atoms with Crippen LogP contribution in [0.2, 0.25) is 0 Å². The lowest BCUT2D eigenvalue weighted by Crippen LogP contribution is -2.11. The second-order valence-electron chi connectivity index (χ2n) is 8.25. The number of nitrogens with one attached hydrogen (secondary N) is 1. The first-order valence-corrected chi connectivity index (χ1v) is 9.31. The highest BCUT2D eigenvalue weighted by atomic mass is 16.5. The minimum absolute atomic E-state index is 0.0323. The summed E-state index contributed by atoms with van der Waals surface area (Å²) in [5.41, 5.74) is 8.33. The summed E-state index contributed by atoms with van der Waals surface area (Å²) in [5, 5.41) is 6.79. The SMILES string of the molecule is CCc1ccc2[nH]c3cc(-c4c(C)noc4C)cc(C(C)(C)C)c3c2c1. The summed E-state index contributed by atoms with van der Waals surface area (Å²) in [6, 6.07) is 11.3. The van der Waals surface area contributed by atoms with Gasteiger partial charge in [0.05, 0.1) is 5.69 Å². The Balaban J connectivity index is 2.12. The van der Waals surface area contributed by atoms with E-state index in [9.17, 15) is 0 Å². The number of fused-ring (bicyclic) bond motifs is 3. The van der Waals surface area contributed by atoms with Gasteiger partial charge in [-0.25, -0.2) is 0 Å². The number of rotatable bonds is 2. The van der Waals surface area contributed by atoms with E-state index < -0.39 is 0 Å². The topological polar surface area (TPSA) is 41.8 Å². The van der Waals surface area contributed by atoms with Crippen molar-refractivity contribution in [1.82, 2.24) is 10.1 Å². The standard InChI is InChI=1S/C23H26N2O/c1-7-15-8-9-19-17(10-15)22-18(23(4,5)6)11-16(12-20(22)24-19)21-13(2)25-26-14(21)3/h8-12,24H,7H2,1-6H3. The van der Waals surface area contributed by atoms with Crippen molar-refractivity contribution in [3.05, 3.63) is 52.9 Å². The van der Waals surface area contributed by atoms with Crippen molar-refractivity contribution in [2.45, 2.75) is 53.4 Å². The zero-order valence-electron chi connectivity index (χ0n) is 16.4. The number of hydrogen-bond donors (Lipinski definition) is 1. The first-order valence-electron chi connectivity index (χ1n) is 9.31. The van der Waals surface area contributed by atoms with Crippen molar-refractivity contribution in [2.24, 2.45) is 0 Å². The van der Waals surface area contributed by atoms with Gasteiger partial charge in [-0.05, 0) is 66.6 Å². The van der Waals surface area contributed by atoms with Gasteiger partial charge in [-0.2, -0.15) is 0 Å². The molecule has 0 aliphatic rings. The van der Waals surface area contributed by atoms with E-state index in [1.54, 1.807) is 0 Å². The van der Waals surface area contributed by atoms with Crippen LogP contribution in [0, 0.1) is 13.8 Å². The van der Waals surface area contributed by atoms with Gasteiger partial charge in [0.2, 0.25) is 0 Å². The molecule has 3 nitrogen and oxygen atoms in total. The summed E-state index contributed by atoms with van der Waals surface area (Å²) in [5.74, 6) is 0.867. The predicted molar refractivity (Wildman–Crippen MR) is 109 cm³/mol. The molecule has 0 amide bonds. The van der Waals surface area contributed by atoms with E-state index in [4.69, 9.17) is 4.52 Å². The highest BCUT2D eigenvalue weighted by molar-refractivity contribution is 6.10. The summed E-state index contributed by atoms with van der Waals surface area (Å²) in [4.78, 5) is 3.63. The molecule has 1 N–H and O–H groups in total. The van der Waals surface area contributed by atoms with Crippen LogP contribution >= 0.6 is 0 Å². The Morgan fingerprint density at radius 2 is 1.81 bits per heavy atom. The molecule has 4 aromatic rings. The van der Waals surface area contributed by atoms with Crippen LogP contribution in [0.5, 0.6) is 0 Å². The van der Waals surface area contributed by atoms with Crippen LogP contribution in [-0.4, -0.2) is 10.1 Å². The maximum absolute atomic E-state index is 5.42. The van der Waals surface area contributed by atoms with Crippen LogP contribution in [0.4, 0.5) is 0 Å². The highest BCUT2D eigenvalue weighted by Gasteiger charge is 2.23. The van der Waals surface area contributed by atoms with E-state index in [-0.39, 0.29) is 5.41 Å². The Morgan fingerprint density at radius 1 is 1.04 bits per heavy atom. The fourth-order valence-corrected chi connectivity index (χ4v) is 3.93. The van der Waals surface area contributed by atoms with Crippen molar-refractivity contribution in [3.63, 3.8) is 0 Å². The van der Waals surface area contributed by atoms with E-state index in [0.29, 0.717) is 0 Å². The molecule has 0 radical (unpaired) electrons. The fraction of sp³-hybridized carbons (Fsp3) is 0.348. The molecular weight excluding hydrogens is 320 g/mol. The number of aryl methyl sites for hydroxylation is 3. The van der Waals surface area contributed by atoms with Gasteiger partial charge in [-0.3, -0.25) is 0 Å². The number of benzene rings is 2. The van der Waals surface area contributed by atoms with Gasteiger partial charge in [0, 0.05) is 27.4 Å². The Kier molecular flexibility index (Phi) is 3.72. The van der Waals surface area contributed by atoms with Crippen molar-refractivity contribution >= 4 is 21.8 Å². The van der Waals surface area contributed by atoms with E-state index in [1.807, 2.05) is 13.8 Å². The number of aromatic amines is 1. The third-order valence-corrected chi connectivity index (χ3v) is 5.30. The molecule has 0 atom stereocenters. The number of H-pyrrole nitrogens is 1. The van der Waals surface area contributed by atoms with Crippen LogP contribution in [0.15, 0.2) is 34.9 Å². The molecule has 134 valence electrons. The highest BCUT2D eigenvalue weighted by Crippen LogP contribution is 2.40. The molecular formula is C23H26N2O. The van der Waals surface area contributed by atoms with Crippen LogP contribution in [-0.2, 0) is 11.8 Å². The van der Waals surface area contributed by atoms with Gasteiger partial charge in [-0.1, -0.05) is 38.9 Å². The average Bonchev–Trinajstić information content (AvgIpc) is 3.11. The fourth-order valence-electron chi connectivity index (χ4n) is 3.93. The summed E-state index contributed by atoms with van der Waals surface area (Å²) >= 11 is 0. The van der Waals surface area contributed by atoms with Crippen molar-refractivity contribution in [1.29, 1.82) is 0 Å². The molecule has 0 aliphatic heterocycles. The summed E-state index contributed by atoms with van der Waals surface area (Å²) in [6.45, 7) is 13.0. The quantitative estimate of drug-likeness (QED) is 0.453. The second kappa shape index (κ2) is 5.73. The first kappa shape index (κ1) is 16.9. The van der Waals surface area contributed by atoms with Crippen molar-refractivity contribution < 1.29 is 4.52 Å². The molecule has 2 aromatic heterocycles. The molecule has 0 fully saturated rings. The van der Waals surface area contributed by atoms with E-state index in [0.717, 1.165) is 23.4 Å². The maximum atomic E-state index is 5.42. The largest absolute Gasteiger partial charge is 0.361 e. The molecule has 2 aromatic carbocycles. The monoisotopic (exact) mass is 346 g/mol. The summed E-state index contributed by atoms with van der Waals surface area (Å²) in [6.07, 6.45) is 1.05. The van der Waals surface area contributed by atoms with Gasteiger partial charge >= 0.3 is 0 Å². The number of aromatic nitrogens is 2. The molecule has 0 aliphatic carbocycles. The summed E-state index contributed by atoms with van der Waals surface area (Å²) < 4.78 is 5.42. The van der Waals surface area contributed by atoms with Crippen LogP contribution in [0.1, 0.15) is 50.3 Å². The lowest BCUT2D eigenvalue weighted by Gasteiger charge is -2.22. The molecule has 0 spiro atoms. The normalized spacial score (nSPS) is 12.4. The van der Waals surface area contributed by atoms with Crippen LogP contribution < -0.4 is 0 Å². The Hall–Kier alpha value is -2.55. The molecule has 2 heterocycles. The van der Waals surface area contributed by atoms with E-state index in [2.05, 4.69) is 68.2 Å². The van der Waals surface area contributed by atoms with Gasteiger partial charge < -0.3 is 9.51 Å². The Labute approximate surface area is 154 Å². The lowest BCUT2D eigenvalue weighted by molar-refractivity contribution is 0.393. The van der Waals surface area contributed by atoms with Gasteiger partial charge in [0.25, 0.3) is 0 Å². The minimum Gasteiger partial charge on any atom is -0.361 e.